The SMILES string of the molecule is CC(C)CC1N=c2ccccc2=CN1. The second kappa shape index (κ2) is 3.82. The van der Waals surface area contributed by atoms with E-state index in [1.807, 2.05) is 12.1 Å². The first kappa shape index (κ1) is 9.25. The molecule has 0 saturated carbocycles. The summed E-state index contributed by atoms with van der Waals surface area (Å²) >= 11 is 0. The van der Waals surface area contributed by atoms with Crippen molar-refractivity contribution in [2.75, 3.05) is 0 Å². The standard InChI is InChI=1S/C12H16N2/c1-9(2)7-12-13-8-10-5-3-4-6-11(10)14-12/h3-6,8-9,12-13H,7H2,1-2H3. The highest BCUT2D eigenvalue weighted by Crippen LogP contribution is 2.05. The van der Waals surface area contributed by atoms with Crippen LogP contribution in [0.2, 0.25) is 0 Å². The van der Waals surface area contributed by atoms with Crippen LogP contribution < -0.4 is 15.9 Å². The summed E-state index contributed by atoms with van der Waals surface area (Å²) in [4.78, 5) is 4.64. The van der Waals surface area contributed by atoms with Gasteiger partial charge in [-0.3, -0.25) is 4.99 Å². The average Bonchev–Trinajstić information content (AvgIpc) is 2.17. The summed E-state index contributed by atoms with van der Waals surface area (Å²) in [5, 5.41) is 5.61. The summed E-state index contributed by atoms with van der Waals surface area (Å²) in [6, 6.07) is 8.22. The molecule has 0 amide bonds. The van der Waals surface area contributed by atoms with E-state index in [0.717, 1.165) is 11.8 Å². The summed E-state index contributed by atoms with van der Waals surface area (Å²) in [5.74, 6) is 0.676. The van der Waals surface area contributed by atoms with Gasteiger partial charge >= 0.3 is 0 Å². The van der Waals surface area contributed by atoms with Crippen LogP contribution in [-0.2, 0) is 0 Å². The van der Waals surface area contributed by atoms with Gasteiger partial charge in [0.15, 0.2) is 0 Å². The summed E-state index contributed by atoms with van der Waals surface area (Å²) in [5.41, 5.74) is 0. The number of rotatable bonds is 2. The molecule has 74 valence electrons. The molecular formula is C12H16N2. The Morgan fingerprint density at radius 3 is 2.93 bits per heavy atom. The Hall–Kier alpha value is -1.31. The molecule has 0 aromatic heterocycles. The molecule has 2 rings (SSSR count). The quantitative estimate of drug-likeness (QED) is 0.736. The number of hydrogen-bond acceptors (Lipinski definition) is 2. The smallest absolute Gasteiger partial charge is 0.119 e. The molecule has 1 heterocycles. The zero-order chi connectivity index (χ0) is 9.97. The van der Waals surface area contributed by atoms with Crippen molar-refractivity contribution in [2.45, 2.75) is 26.4 Å². The molecule has 1 aromatic rings. The Bertz CT molecular complexity index is 420. The lowest BCUT2D eigenvalue weighted by molar-refractivity contribution is 0.465. The van der Waals surface area contributed by atoms with Crippen molar-refractivity contribution >= 4 is 6.20 Å². The molecule has 1 N–H and O–H groups in total. The van der Waals surface area contributed by atoms with Crippen LogP contribution in [0, 0.1) is 5.92 Å². The van der Waals surface area contributed by atoms with Crippen molar-refractivity contribution in [2.24, 2.45) is 10.9 Å². The molecule has 0 aliphatic carbocycles. The van der Waals surface area contributed by atoms with Crippen LogP contribution in [0.1, 0.15) is 20.3 Å². The predicted molar refractivity (Wildman–Crippen MR) is 58.1 cm³/mol. The van der Waals surface area contributed by atoms with Crippen LogP contribution in [0.3, 0.4) is 0 Å². The molecule has 2 heteroatoms. The van der Waals surface area contributed by atoms with Crippen LogP contribution >= 0.6 is 0 Å². The van der Waals surface area contributed by atoms with E-state index in [0.29, 0.717) is 5.92 Å². The summed E-state index contributed by atoms with van der Waals surface area (Å²) in [6.07, 6.45) is 3.41. The van der Waals surface area contributed by atoms with Gasteiger partial charge in [-0.2, -0.15) is 0 Å². The fourth-order valence-corrected chi connectivity index (χ4v) is 1.69. The van der Waals surface area contributed by atoms with Gasteiger partial charge < -0.3 is 5.32 Å². The maximum absolute atomic E-state index is 4.64. The van der Waals surface area contributed by atoms with Gasteiger partial charge in [0.2, 0.25) is 0 Å². The van der Waals surface area contributed by atoms with Crippen molar-refractivity contribution in [3.8, 4) is 0 Å². The Kier molecular flexibility index (Phi) is 2.53. The van der Waals surface area contributed by atoms with Crippen molar-refractivity contribution in [3.05, 3.63) is 34.8 Å². The van der Waals surface area contributed by atoms with E-state index < -0.39 is 0 Å². The van der Waals surface area contributed by atoms with Crippen LogP contribution in [0.4, 0.5) is 0 Å². The minimum atomic E-state index is 0.255. The monoisotopic (exact) mass is 188 g/mol. The second-order valence-corrected chi connectivity index (χ2v) is 4.14. The van der Waals surface area contributed by atoms with E-state index in [1.165, 1.54) is 5.22 Å². The number of hydrogen-bond donors (Lipinski definition) is 1. The molecular weight excluding hydrogens is 172 g/mol. The lowest BCUT2D eigenvalue weighted by Gasteiger charge is -2.17. The van der Waals surface area contributed by atoms with E-state index in [4.69, 9.17) is 0 Å². The van der Waals surface area contributed by atoms with Gasteiger partial charge in [0, 0.05) is 11.4 Å². The van der Waals surface area contributed by atoms with Gasteiger partial charge in [-0.25, -0.2) is 0 Å². The molecule has 2 nitrogen and oxygen atoms in total. The molecule has 0 radical (unpaired) electrons. The summed E-state index contributed by atoms with van der Waals surface area (Å²) in [7, 11) is 0. The van der Waals surface area contributed by atoms with Crippen molar-refractivity contribution in [1.82, 2.24) is 5.32 Å². The number of fused-ring (bicyclic) bond motifs is 1. The molecule has 0 fully saturated rings. The van der Waals surface area contributed by atoms with Gasteiger partial charge in [0.25, 0.3) is 0 Å². The zero-order valence-electron chi connectivity index (χ0n) is 8.70. The lowest BCUT2D eigenvalue weighted by atomic mass is 10.1. The second-order valence-electron chi connectivity index (χ2n) is 4.14. The zero-order valence-corrected chi connectivity index (χ0v) is 8.70. The third kappa shape index (κ3) is 1.95. The molecule has 14 heavy (non-hydrogen) atoms. The lowest BCUT2D eigenvalue weighted by Crippen LogP contribution is -2.39. The van der Waals surface area contributed by atoms with E-state index in [9.17, 15) is 0 Å². The number of nitrogens with zero attached hydrogens (tertiary/aromatic N) is 1. The Balaban J connectivity index is 2.29. The third-order valence-electron chi connectivity index (χ3n) is 2.36. The molecule has 1 aliphatic rings. The van der Waals surface area contributed by atoms with E-state index in [1.54, 1.807) is 0 Å². The van der Waals surface area contributed by atoms with Gasteiger partial charge in [-0.15, -0.1) is 0 Å². The van der Waals surface area contributed by atoms with Gasteiger partial charge in [-0.1, -0.05) is 32.0 Å². The summed E-state index contributed by atoms with van der Waals surface area (Å²) in [6.45, 7) is 4.44. The maximum atomic E-state index is 4.64. The van der Waals surface area contributed by atoms with Crippen molar-refractivity contribution in [3.63, 3.8) is 0 Å². The molecule has 1 aromatic carbocycles. The molecule has 1 aliphatic heterocycles. The minimum absolute atomic E-state index is 0.255. The molecule has 0 bridgehead atoms. The average molecular weight is 188 g/mol. The Morgan fingerprint density at radius 2 is 2.14 bits per heavy atom. The van der Waals surface area contributed by atoms with Gasteiger partial charge in [0.05, 0.1) is 5.36 Å². The fraction of sp³-hybridized carbons (Fsp3) is 0.417. The van der Waals surface area contributed by atoms with Crippen molar-refractivity contribution < 1.29 is 0 Å². The van der Waals surface area contributed by atoms with Gasteiger partial charge in [0.1, 0.15) is 6.17 Å². The highest BCUT2D eigenvalue weighted by Gasteiger charge is 2.08. The normalized spacial score (nSPS) is 19.2. The topological polar surface area (TPSA) is 24.4 Å². The van der Waals surface area contributed by atoms with Crippen molar-refractivity contribution in [1.29, 1.82) is 0 Å². The Morgan fingerprint density at radius 1 is 1.36 bits per heavy atom. The first-order valence-electron chi connectivity index (χ1n) is 5.15. The van der Waals surface area contributed by atoms with Crippen LogP contribution in [0.15, 0.2) is 29.3 Å². The largest absolute Gasteiger partial charge is 0.369 e. The maximum Gasteiger partial charge on any atom is 0.119 e. The first-order valence-corrected chi connectivity index (χ1v) is 5.15. The van der Waals surface area contributed by atoms with E-state index in [-0.39, 0.29) is 6.17 Å². The highest BCUT2D eigenvalue weighted by molar-refractivity contribution is 5.24. The third-order valence-corrected chi connectivity index (χ3v) is 2.36. The van der Waals surface area contributed by atoms with Crippen LogP contribution in [0.25, 0.3) is 6.20 Å². The molecule has 0 saturated heterocycles. The van der Waals surface area contributed by atoms with Gasteiger partial charge in [-0.05, 0) is 18.4 Å². The van der Waals surface area contributed by atoms with Crippen LogP contribution in [-0.4, -0.2) is 6.17 Å². The molecule has 1 unspecified atom stereocenters. The predicted octanol–water partition coefficient (Wildman–Crippen LogP) is 1.02. The first-order chi connectivity index (χ1) is 6.75. The fourth-order valence-electron chi connectivity index (χ4n) is 1.69. The molecule has 1 atom stereocenters. The minimum Gasteiger partial charge on any atom is -0.369 e. The van der Waals surface area contributed by atoms with E-state index in [2.05, 4.69) is 42.5 Å². The van der Waals surface area contributed by atoms with E-state index >= 15 is 0 Å². The summed E-state index contributed by atoms with van der Waals surface area (Å²) < 4.78 is 0. The van der Waals surface area contributed by atoms with Crippen LogP contribution in [0.5, 0.6) is 0 Å². The number of nitrogens with one attached hydrogen (secondary N) is 1. The number of benzene rings is 1. The Labute approximate surface area is 84.4 Å². The molecule has 0 spiro atoms. The number of para-hydroxylation sites is 1. The highest BCUT2D eigenvalue weighted by atomic mass is 15.1.